The van der Waals surface area contributed by atoms with E-state index in [1.807, 2.05) is 0 Å². The van der Waals surface area contributed by atoms with Crippen LogP contribution in [-0.4, -0.2) is 0 Å². The maximum atomic E-state index is 2.48. The van der Waals surface area contributed by atoms with Gasteiger partial charge >= 0.3 is 0 Å². The van der Waals surface area contributed by atoms with Crippen molar-refractivity contribution in [3.8, 4) is 44.5 Å². The minimum Gasteiger partial charge on any atom is -0.0622 e. The molecule has 222 valence electrons. The Morgan fingerprint density at radius 3 is 1.72 bits per heavy atom. The van der Waals surface area contributed by atoms with Gasteiger partial charge in [-0.2, -0.15) is 0 Å². The lowest BCUT2D eigenvalue weighted by atomic mass is 9.81. The summed E-state index contributed by atoms with van der Waals surface area (Å²) in [6.07, 6.45) is 3.32. The molecular formula is C46H38. The van der Waals surface area contributed by atoms with Gasteiger partial charge in [-0.1, -0.05) is 166 Å². The number of hydrogen-bond acceptors (Lipinski definition) is 0. The van der Waals surface area contributed by atoms with Gasteiger partial charge in [-0.25, -0.2) is 0 Å². The van der Waals surface area contributed by atoms with Crippen molar-refractivity contribution in [2.24, 2.45) is 0 Å². The molecule has 0 N–H and O–H groups in total. The smallest absolute Gasteiger partial charge is 0.0159 e. The Balaban J connectivity index is 0.963. The number of fused-ring (bicyclic) bond motifs is 4. The van der Waals surface area contributed by atoms with Crippen molar-refractivity contribution in [3.63, 3.8) is 0 Å². The highest BCUT2D eigenvalue weighted by atomic mass is 14.4. The Morgan fingerprint density at radius 1 is 0.391 bits per heavy atom. The quantitative estimate of drug-likeness (QED) is 0.173. The zero-order chi connectivity index (χ0) is 31.1. The third-order valence-electron chi connectivity index (χ3n) is 10.1. The van der Waals surface area contributed by atoms with Crippen molar-refractivity contribution in [2.75, 3.05) is 0 Å². The molecule has 0 amide bonds. The van der Waals surface area contributed by atoms with Gasteiger partial charge in [-0.05, 0) is 103 Å². The Morgan fingerprint density at radius 2 is 0.935 bits per heavy atom. The van der Waals surface area contributed by atoms with E-state index in [1.54, 1.807) is 0 Å². The molecule has 0 heteroatoms. The van der Waals surface area contributed by atoms with E-state index in [4.69, 9.17) is 0 Å². The van der Waals surface area contributed by atoms with E-state index >= 15 is 0 Å². The summed E-state index contributed by atoms with van der Waals surface area (Å²) < 4.78 is 0. The predicted molar refractivity (Wildman–Crippen MR) is 196 cm³/mol. The minimum atomic E-state index is -0.0297. The number of rotatable bonds is 7. The average Bonchev–Trinajstić information content (AvgIpc) is 3.34. The molecule has 0 bridgehead atoms. The summed E-state index contributed by atoms with van der Waals surface area (Å²) in [7, 11) is 0. The molecule has 0 saturated carbocycles. The fourth-order valence-electron chi connectivity index (χ4n) is 7.43. The van der Waals surface area contributed by atoms with Crippen molar-refractivity contribution in [3.05, 3.63) is 180 Å². The number of aryl methyl sites for hydroxylation is 2. The van der Waals surface area contributed by atoms with Gasteiger partial charge in [-0.15, -0.1) is 0 Å². The van der Waals surface area contributed by atoms with Crippen molar-refractivity contribution in [1.82, 2.24) is 0 Å². The second-order valence-corrected chi connectivity index (χ2v) is 13.3. The summed E-state index contributed by atoms with van der Waals surface area (Å²) in [6.45, 7) is 4.78. The maximum Gasteiger partial charge on any atom is 0.0159 e. The van der Waals surface area contributed by atoms with Crippen molar-refractivity contribution in [1.29, 1.82) is 0 Å². The van der Waals surface area contributed by atoms with Crippen LogP contribution in [0.25, 0.3) is 55.3 Å². The zero-order valence-electron chi connectivity index (χ0n) is 26.6. The molecule has 0 fully saturated rings. The van der Waals surface area contributed by atoms with Crippen LogP contribution >= 0.6 is 0 Å². The van der Waals surface area contributed by atoms with E-state index < -0.39 is 0 Å². The van der Waals surface area contributed by atoms with Crippen LogP contribution in [0, 0.1) is 0 Å². The largest absolute Gasteiger partial charge is 0.0622 e. The highest BCUT2D eigenvalue weighted by molar-refractivity contribution is 5.96. The van der Waals surface area contributed by atoms with Gasteiger partial charge in [0.1, 0.15) is 0 Å². The van der Waals surface area contributed by atoms with Gasteiger partial charge in [0, 0.05) is 5.41 Å². The Bertz CT molecular complexity index is 2160. The van der Waals surface area contributed by atoms with Crippen LogP contribution in [0.5, 0.6) is 0 Å². The molecule has 0 unspecified atom stereocenters. The van der Waals surface area contributed by atoms with Crippen LogP contribution in [0.15, 0.2) is 158 Å². The SMILES string of the molecule is CC1(C)c2cc(CCCc3ccc(-c4cccc5ccccc45)cc3)ccc2-c2ccc(-c3ccc(-c4ccccc4)cc3)cc21. The molecular weight excluding hydrogens is 553 g/mol. The van der Waals surface area contributed by atoms with Crippen molar-refractivity contribution in [2.45, 2.75) is 38.5 Å². The van der Waals surface area contributed by atoms with Crippen LogP contribution < -0.4 is 0 Å². The first-order valence-corrected chi connectivity index (χ1v) is 16.6. The molecule has 1 aliphatic carbocycles. The Hall–Kier alpha value is -5.20. The van der Waals surface area contributed by atoms with Gasteiger partial charge in [-0.3, -0.25) is 0 Å². The fourth-order valence-corrected chi connectivity index (χ4v) is 7.43. The third kappa shape index (κ3) is 5.15. The average molecular weight is 591 g/mol. The summed E-state index contributed by atoms with van der Waals surface area (Å²) in [6, 6.07) is 58.3. The molecule has 0 saturated heterocycles. The predicted octanol–water partition coefficient (Wildman–Crippen LogP) is 12.3. The first-order valence-electron chi connectivity index (χ1n) is 16.6. The van der Waals surface area contributed by atoms with Gasteiger partial charge < -0.3 is 0 Å². The van der Waals surface area contributed by atoms with E-state index in [0.29, 0.717) is 0 Å². The van der Waals surface area contributed by atoms with Gasteiger partial charge in [0.25, 0.3) is 0 Å². The Labute approximate surface area is 273 Å². The first-order chi connectivity index (χ1) is 22.5. The summed E-state index contributed by atoms with van der Waals surface area (Å²) in [4.78, 5) is 0. The molecule has 1 aliphatic rings. The molecule has 46 heavy (non-hydrogen) atoms. The molecule has 7 aromatic carbocycles. The molecule has 0 aromatic heterocycles. The van der Waals surface area contributed by atoms with Crippen LogP contribution in [0.4, 0.5) is 0 Å². The lowest BCUT2D eigenvalue weighted by molar-refractivity contribution is 0.658. The minimum absolute atomic E-state index is 0.0297. The van der Waals surface area contributed by atoms with E-state index in [9.17, 15) is 0 Å². The summed E-state index contributed by atoms with van der Waals surface area (Å²) in [5.41, 5.74) is 16.1. The van der Waals surface area contributed by atoms with Crippen molar-refractivity contribution >= 4 is 10.8 Å². The van der Waals surface area contributed by atoms with E-state index in [-0.39, 0.29) is 5.41 Å². The molecule has 0 spiro atoms. The lowest BCUT2D eigenvalue weighted by Gasteiger charge is -2.22. The number of benzene rings is 7. The topological polar surface area (TPSA) is 0 Å². The molecule has 8 rings (SSSR count). The monoisotopic (exact) mass is 590 g/mol. The summed E-state index contributed by atoms with van der Waals surface area (Å²) in [5, 5.41) is 2.60. The van der Waals surface area contributed by atoms with Crippen molar-refractivity contribution < 1.29 is 0 Å². The standard InChI is InChI=1S/C46H38/c1-46(2)44-30-33(11-8-10-32-18-21-38(22-19-32)41-17-9-15-37-14-6-7-16-40(37)41)20-28-42(44)43-29-27-39(31-45(43)46)36-25-23-35(24-26-36)34-12-4-3-5-13-34/h3-7,9,12-31H,8,10-11H2,1-2H3. The normalized spacial score (nSPS) is 13.0. The maximum absolute atomic E-state index is 2.48. The molecule has 0 atom stereocenters. The lowest BCUT2D eigenvalue weighted by Crippen LogP contribution is -2.15. The van der Waals surface area contributed by atoms with E-state index in [1.165, 1.54) is 77.5 Å². The molecule has 0 nitrogen and oxygen atoms in total. The molecule has 7 aromatic rings. The van der Waals surface area contributed by atoms with Crippen LogP contribution in [-0.2, 0) is 18.3 Å². The molecule has 0 aliphatic heterocycles. The van der Waals surface area contributed by atoms with Gasteiger partial charge in [0.2, 0.25) is 0 Å². The molecule has 0 radical (unpaired) electrons. The zero-order valence-corrected chi connectivity index (χ0v) is 26.6. The highest BCUT2D eigenvalue weighted by Gasteiger charge is 2.35. The van der Waals surface area contributed by atoms with Crippen LogP contribution in [0.3, 0.4) is 0 Å². The summed E-state index contributed by atoms with van der Waals surface area (Å²) in [5.74, 6) is 0. The van der Waals surface area contributed by atoms with E-state index in [0.717, 1.165) is 19.3 Å². The second kappa shape index (κ2) is 11.6. The number of hydrogen-bond donors (Lipinski definition) is 0. The van der Waals surface area contributed by atoms with Crippen LogP contribution in [0.2, 0.25) is 0 Å². The van der Waals surface area contributed by atoms with Gasteiger partial charge in [0.05, 0.1) is 0 Å². The Kier molecular flexibility index (Phi) is 7.15. The van der Waals surface area contributed by atoms with Crippen LogP contribution in [0.1, 0.15) is 42.5 Å². The van der Waals surface area contributed by atoms with E-state index in [2.05, 4.69) is 172 Å². The van der Waals surface area contributed by atoms with Gasteiger partial charge in [0.15, 0.2) is 0 Å². The highest BCUT2D eigenvalue weighted by Crippen LogP contribution is 2.50. The second-order valence-electron chi connectivity index (χ2n) is 13.3. The summed E-state index contributed by atoms with van der Waals surface area (Å²) >= 11 is 0. The third-order valence-corrected chi connectivity index (χ3v) is 10.1. The first kappa shape index (κ1) is 28.3. The molecule has 0 heterocycles. The fraction of sp³-hybridized carbons (Fsp3) is 0.130.